The molecular formula is C30H41N3O3. The molecule has 6 nitrogen and oxygen atoms in total. The van der Waals surface area contributed by atoms with E-state index < -0.39 is 0 Å². The molecule has 0 radical (unpaired) electrons. The summed E-state index contributed by atoms with van der Waals surface area (Å²) in [5.41, 5.74) is 4.06. The average molecular weight is 492 g/mol. The fourth-order valence-electron chi connectivity index (χ4n) is 4.63. The summed E-state index contributed by atoms with van der Waals surface area (Å²) in [4.78, 5) is 17.6. The van der Waals surface area contributed by atoms with Gasteiger partial charge in [-0.1, -0.05) is 65.2 Å². The largest absolute Gasteiger partial charge is 0.497 e. The summed E-state index contributed by atoms with van der Waals surface area (Å²) in [6.07, 6.45) is 10.2. The van der Waals surface area contributed by atoms with Crippen molar-refractivity contribution >= 4 is 11.6 Å². The molecule has 3 rings (SSSR count). The molecule has 1 heterocycles. The predicted octanol–water partition coefficient (Wildman–Crippen LogP) is 6.94. The lowest BCUT2D eigenvalue weighted by molar-refractivity contribution is -0.116. The number of imidazole rings is 1. The van der Waals surface area contributed by atoms with Gasteiger partial charge in [0, 0.05) is 37.1 Å². The number of nitrogens with zero attached hydrogens (tertiary/aromatic N) is 2. The summed E-state index contributed by atoms with van der Waals surface area (Å²) in [7, 11) is 3.32. The van der Waals surface area contributed by atoms with Gasteiger partial charge in [-0.25, -0.2) is 4.98 Å². The van der Waals surface area contributed by atoms with Gasteiger partial charge >= 0.3 is 0 Å². The van der Waals surface area contributed by atoms with Crippen molar-refractivity contribution in [3.8, 4) is 11.5 Å². The number of methoxy groups -OCH3 is 2. The normalized spacial score (nSPS) is 12.3. The van der Waals surface area contributed by atoms with Gasteiger partial charge in [0.15, 0.2) is 0 Å². The van der Waals surface area contributed by atoms with E-state index in [1.165, 1.54) is 0 Å². The summed E-state index contributed by atoms with van der Waals surface area (Å²) >= 11 is 0. The van der Waals surface area contributed by atoms with Crippen molar-refractivity contribution in [2.24, 2.45) is 0 Å². The number of aromatic nitrogens is 2. The molecule has 1 aromatic heterocycles. The highest BCUT2D eigenvalue weighted by molar-refractivity contribution is 5.92. The third-order valence-electron chi connectivity index (χ3n) is 6.56. The Labute approximate surface area is 216 Å². The second-order valence-electron chi connectivity index (χ2n) is 10.4. The number of nitrogens with one attached hydrogen (secondary N) is 1. The molecule has 0 aliphatic carbocycles. The molecule has 0 saturated carbocycles. The zero-order valence-electron chi connectivity index (χ0n) is 22.6. The van der Waals surface area contributed by atoms with E-state index in [9.17, 15) is 4.79 Å². The van der Waals surface area contributed by atoms with Crippen molar-refractivity contribution in [1.29, 1.82) is 0 Å². The molecule has 0 bridgehead atoms. The Morgan fingerprint density at radius 3 is 2.53 bits per heavy atom. The molecule has 0 saturated heterocycles. The van der Waals surface area contributed by atoms with Crippen LogP contribution in [0, 0.1) is 0 Å². The highest BCUT2D eigenvalue weighted by Gasteiger charge is 2.23. The van der Waals surface area contributed by atoms with E-state index in [0.717, 1.165) is 59.6 Å². The Bertz CT molecular complexity index is 1120. The number of ether oxygens (including phenoxy) is 2. The van der Waals surface area contributed by atoms with Crippen LogP contribution in [0.3, 0.4) is 0 Å². The molecule has 0 spiro atoms. The van der Waals surface area contributed by atoms with Crippen molar-refractivity contribution < 1.29 is 14.3 Å². The molecule has 36 heavy (non-hydrogen) atoms. The number of carbonyl (C=O) groups is 1. The minimum absolute atomic E-state index is 0.0136. The average Bonchev–Trinajstić information content (AvgIpc) is 3.35. The molecule has 0 aliphatic heterocycles. The van der Waals surface area contributed by atoms with Gasteiger partial charge in [-0.15, -0.1) is 0 Å². The first kappa shape index (κ1) is 27.3. The van der Waals surface area contributed by atoms with Crippen molar-refractivity contribution in [3.63, 3.8) is 0 Å². The first-order valence-electron chi connectivity index (χ1n) is 12.9. The predicted molar refractivity (Wildman–Crippen MR) is 146 cm³/mol. The molecule has 1 unspecified atom stereocenters. The molecule has 6 heteroatoms. The lowest BCUT2D eigenvalue weighted by Crippen LogP contribution is -2.21. The number of hydrogen-bond donors (Lipinski definition) is 1. The third kappa shape index (κ3) is 7.36. The highest BCUT2D eigenvalue weighted by Crippen LogP contribution is 2.36. The second-order valence-corrected chi connectivity index (χ2v) is 10.4. The van der Waals surface area contributed by atoms with Crippen LogP contribution >= 0.6 is 0 Å². The van der Waals surface area contributed by atoms with Gasteiger partial charge in [-0.2, -0.15) is 0 Å². The van der Waals surface area contributed by atoms with Crippen LogP contribution in [0.1, 0.15) is 82.4 Å². The van der Waals surface area contributed by atoms with E-state index in [2.05, 4.69) is 56.2 Å². The van der Waals surface area contributed by atoms with E-state index in [-0.39, 0.29) is 17.2 Å². The Balaban J connectivity index is 1.85. The van der Waals surface area contributed by atoms with E-state index in [1.54, 1.807) is 26.7 Å². The van der Waals surface area contributed by atoms with Crippen LogP contribution in [0.25, 0.3) is 0 Å². The Kier molecular flexibility index (Phi) is 9.57. The van der Waals surface area contributed by atoms with Crippen LogP contribution < -0.4 is 14.8 Å². The van der Waals surface area contributed by atoms with E-state index in [0.29, 0.717) is 13.0 Å². The summed E-state index contributed by atoms with van der Waals surface area (Å²) in [6, 6.07) is 12.2. The van der Waals surface area contributed by atoms with Crippen LogP contribution in [0.15, 0.2) is 55.1 Å². The minimum atomic E-state index is -0.101. The zero-order chi connectivity index (χ0) is 26.1. The van der Waals surface area contributed by atoms with Crippen LogP contribution in [-0.4, -0.2) is 29.7 Å². The third-order valence-corrected chi connectivity index (χ3v) is 6.56. The van der Waals surface area contributed by atoms with E-state index in [4.69, 9.17) is 9.47 Å². The van der Waals surface area contributed by atoms with Crippen LogP contribution in [0.2, 0.25) is 0 Å². The number of unbranched alkanes of at least 4 members (excludes halogenated alkanes) is 2. The fourth-order valence-corrected chi connectivity index (χ4v) is 4.63. The molecule has 2 aromatic carbocycles. The van der Waals surface area contributed by atoms with Crippen LogP contribution in [0.5, 0.6) is 11.5 Å². The van der Waals surface area contributed by atoms with Gasteiger partial charge in [0.25, 0.3) is 0 Å². The first-order valence-corrected chi connectivity index (χ1v) is 12.9. The quantitative estimate of drug-likeness (QED) is 0.279. The molecular weight excluding hydrogens is 450 g/mol. The number of carbonyl (C=O) groups excluding carboxylic acids is 1. The SMILES string of the molecule is CCCCCC(CC(=O)Nc1cc(Cn2ccnc2)ccc1C(C)(C)C)c1ccc(OC)cc1OC. The van der Waals surface area contributed by atoms with Crippen molar-refractivity contribution in [2.45, 2.75) is 77.7 Å². The number of amides is 1. The highest BCUT2D eigenvalue weighted by atomic mass is 16.5. The maximum absolute atomic E-state index is 13.5. The van der Waals surface area contributed by atoms with Crippen LogP contribution in [0.4, 0.5) is 5.69 Å². The molecule has 1 atom stereocenters. The lowest BCUT2D eigenvalue weighted by atomic mass is 9.85. The molecule has 1 amide bonds. The lowest BCUT2D eigenvalue weighted by Gasteiger charge is -2.25. The second kappa shape index (κ2) is 12.6. The summed E-state index contributed by atoms with van der Waals surface area (Å²) in [5.74, 6) is 1.59. The van der Waals surface area contributed by atoms with Crippen molar-refractivity contribution in [1.82, 2.24) is 9.55 Å². The standard InChI is InChI=1S/C30H41N3O3/c1-7-8-9-10-23(25-13-12-24(35-5)19-28(25)36-6)18-29(34)32-27-17-22(20-33-16-15-31-21-33)11-14-26(27)30(2,3)4/h11-17,19,21,23H,7-10,18,20H2,1-6H3,(H,32,34). The Hall–Kier alpha value is -3.28. The monoisotopic (exact) mass is 491 g/mol. The van der Waals surface area contributed by atoms with E-state index >= 15 is 0 Å². The number of hydrogen-bond acceptors (Lipinski definition) is 4. The van der Waals surface area contributed by atoms with E-state index in [1.807, 2.05) is 29.0 Å². The maximum Gasteiger partial charge on any atom is 0.224 e. The van der Waals surface area contributed by atoms with Gasteiger partial charge in [-0.05, 0) is 46.6 Å². The number of anilines is 1. The van der Waals surface area contributed by atoms with Gasteiger partial charge in [0.05, 0.1) is 20.5 Å². The van der Waals surface area contributed by atoms with Crippen molar-refractivity contribution in [2.75, 3.05) is 19.5 Å². The molecule has 1 N–H and O–H groups in total. The smallest absolute Gasteiger partial charge is 0.224 e. The Morgan fingerprint density at radius 2 is 1.89 bits per heavy atom. The van der Waals surface area contributed by atoms with Gasteiger partial charge in [0.1, 0.15) is 11.5 Å². The molecule has 194 valence electrons. The fraction of sp³-hybridized carbons (Fsp3) is 0.467. The molecule has 0 aliphatic rings. The summed E-state index contributed by atoms with van der Waals surface area (Å²) < 4.78 is 13.1. The number of rotatable bonds is 12. The van der Waals surface area contributed by atoms with Gasteiger partial charge in [-0.3, -0.25) is 4.79 Å². The van der Waals surface area contributed by atoms with Crippen molar-refractivity contribution in [3.05, 3.63) is 71.8 Å². The topological polar surface area (TPSA) is 65.4 Å². The van der Waals surface area contributed by atoms with Gasteiger partial charge < -0.3 is 19.4 Å². The van der Waals surface area contributed by atoms with Crippen LogP contribution in [-0.2, 0) is 16.8 Å². The maximum atomic E-state index is 13.5. The summed E-state index contributed by atoms with van der Waals surface area (Å²) in [6.45, 7) is 9.41. The summed E-state index contributed by atoms with van der Waals surface area (Å²) in [5, 5.41) is 3.26. The number of benzene rings is 2. The molecule has 0 fully saturated rings. The molecule has 3 aromatic rings. The Morgan fingerprint density at radius 1 is 1.08 bits per heavy atom. The first-order chi connectivity index (χ1) is 17.2. The minimum Gasteiger partial charge on any atom is -0.497 e. The van der Waals surface area contributed by atoms with Gasteiger partial charge in [0.2, 0.25) is 5.91 Å². The zero-order valence-corrected chi connectivity index (χ0v) is 22.6.